The molecule has 0 amide bonds. The third-order valence-electron chi connectivity index (χ3n) is 3.35. The molecule has 1 aliphatic rings. The van der Waals surface area contributed by atoms with Gasteiger partial charge in [-0.3, -0.25) is 23.9 Å². The first-order chi connectivity index (χ1) is 12.6. The van der Waals surface area contributed by atoms with E-state index < -0.39 is 59.9 Å². The Morgan fingerprint density at radius 2 is 1.25 bits per heavy atom. The molecule has 0 saturated carbocycles. The average Bonchev–Trinajstić information content (AvgIpc) is 2.47. The van der Waals surface area contributed by atoms with Gasteiger partial charge in [-0.25, -0.2) is 0 Å². The molecule has 160 valence electrons. The highest BCUT2D eigenvalue weighted by Gasteiger charge is 2.78. The smallest absolute Gasteiger partial charge is 0.362 e. The van der Waals surface area contributed by atoms with Crippen molar-refractivity contribution >= 4 is 23.9 Å². The van der Waals surface area contributed by atoms with Gasteiger partial charge in [0.1, 0.15) is 0 Å². The Morgan fingerprint density at radius 3 is 1.64 bits per heavy atom. The maximum Gasteiger partial charge on any atom is 0.362 e. The Labute approximate surface area is 157 Å². The molecule has 0 radical (unpaired) electrons. The zero-order chi connectivity index (χ0) is 22.1. The lowest BCUT2D eigenvalue weighted by Gasteiger charge is -2.54. The molecule has 0 aliphatic carbocycles. The molecule has 14 heteroatoms. The molecule has 1 rings (SSSR count). The lowest BCUT2D eigenvalue weighted by molar-refractivity contribution is -0.536. The van der Waals surface area contributed by atoms with Crippen molar-refractivity contribution in [1.29, 1.82) is 0 Å². The maximum atomic E-state index is 11.4. The van der Waals surface area contributed by atoms with Gasteiger partial charge in [0.15, 0.2) is 6.10 Å². The fourth-order valence-electron chi connectivity index (χ4n) is 2.44. The minimum Gasteiger partial charge on any atom is -0.433 e. The van der Waals surface area contributed by atoms with Crippen LogP contribution in [0.15, 0.2) is 0 Å². The average molecular weight is 412 g/mol. The van der Waals surface area contributed by atoms with Crippen LogP contribution in [0.2, 0.25) is 0 Å². The standard InChI is InChI=1S/C14H20O14/c1-5(15)24-10(19)9-12(21,25-6(2)16)13(22,26-7(3)17)11(20)14(23,28-9)27-8(4)18/h9-11,19-23H,1-4H3/t9-,10?,11-,12+,13+,14+/m1/s1. The topological polar surface area (TPSA) is 216 Å². The van der Waals surface area contributed by atoms with Crippen molar-refractivity contribution in [2.24, 2.45) is 0 Å². The van der Waals surface area contributed by atoms with Gasteiger partial charge in [0.2, 0.25) is 12.4 Å². The van der Waals surface area contributed by atoms with E-state index >= 15 is 0 Å². The highest BCUT2D eigenvalue weighted by Crippen LogP contribution is 2.45. The van der Waals surface area contributed by atoms with Crippen molar-refractivity contribution in [1.82, 2.24) is 0 Å². The summed E-state index contributed by atoms with van der Waals surface area (Å²) in [5.74, 6) is -16.2. The van der Waals surface area contributed by atoms with Gasteiger partial charge >= 0.3 is 41.4 Å². The summed E-state index contributed by atoms with van der Waals surface area (Å²) in [6, 6.07) is 0. The van der Waals surface area contributed by atoms with Gasteiger partial charge < -0.3 is 44.5 Å². The second-order valence-corrected chi connectivity index (χ2v) is 5.75. The second-order valence-electron chi connectivity index (χ2n) is 5.75. The predicted octanol–water partition coefficient (Wildman–Crippen LogP) is -3.66. The van der Waals surface area contributed by atoms with E-state index in [4.69, 9.17) is 4.74 Å². The van der Waals surface area contributed by atoms with E-state index in [0.29, 0.717) is 13.8 Å². The molecule has 6 atom stereocenters. The monoisotopic (exact) mass is 412 g/mol. The Balaban J connectivity index is 3.67. The first-order valence-corrected chi connectivity index (χ1v) is 7.56. The third kappa shape index (κ3) is 4.37. The van der Waals surface area contributed by atoms with E-state index in [1.54, 1.807) is 0 Å². The summed E-state index contributed by atoms with van der Waals surface area (Å²) in [5.41, 5.74) is 0. The molecule has 0 aromatic heterocycles. The summed E-state index contributed by atoms with van der Waals surface area (Å²) in [6.45, 7) is 2.95. The lowest BCUT2D eigenvalue weighted by atomic mass is 9.88. The Hall–Kier alpha value is -2.36. The number of aliphatic hydroxyl groups excluding tert-OH is 2. The molecule has 28 heavy (non-hydrogen) atoms. The van der Waals surface area contributed by atoms with Gasteiger partial charge in [0.25, 0.3) is 0 Å². The van der Waals surface area contributed by atoms with E-state index in [-0.39, 0.29) is 0 Å². The van der Waals surface area contributed by atoms with Crippen molar-refractivity contribution in [2.45, 2.75) is 63.7 Å². The van der Waals surface area contributed by atoms with E-state index in [0.717, 1.165) is 13.8 Å². The van der Waals surface area contributed by atoms with Crippen LogP contribution in [0.1, 0.15) is 27.7 Å². The van der Waals surface area contributed by atoms with Crippen molar-refractivity contribution in [3.05, 3.63) is 0 Å². The summed E-state index contributed by atoms with van der Waals surface area (Å²) in [7, 11) is 0. The SMILES string of the molecule is CC(=O)OC(O)[C@H]1O[C@@](O)(OC(C)=O)[C@H](O)[C@](O)(OC(C)=O)[C@@]1(O)OC(C)=O. The number of esters is 4. The molecule has 5 N–H and O–H groups in total. The van der Waals surface area contributed by atoms with Crippen molar-refractivity contribution in [2.75, 3.05) is 0 Å². The van der Waals surface area contributed by atoms with E-state index in [9.17, 15) is 44.7 Å². The zero-order valence-corrected chi connectivity index (χ0v) is 15.1. The quantitative estimate of drug-likeness (QED) is 0.167. The minimum absolute atomic E-state index is 0.691. The molecular weight excluding hydrogens is 392 g/mol. The molecule has 0 aromatic carbocycles. The molecule has 0 bridgehead atoms. The summed E-state index contributed by atoms with van der Waals surface area (Å²) in [5, 5.41) is 52.0. The summed E-state index contributed by atoms with van der Waals surface area (Å²) in [4.78, 5) is 45.2. The normalized spacial score (nSPS) is 36.0. The minimum atomic E-state index is -3.78. The van der Waals surface area contributed by atoms with Gasteiger partial charge in [-0.15, -0.1) is 0 Å². The van der Waals surface area contributed by atoms with Crippen LogP contribution in [-0.4, -0.2) is 85.5 Å². The fourth-order valence-corrected chi connectivity index (χ4v) is 2.44. The van der Waals surface area contributed by atoms with Crippen molar-refractivity contribution in [3.8, 4) is 0 Å². The molecule has 1 heterocycles. The second kappa shape index (κ2) is 7.94. The number of carbonyl (C=O) groups excluding carboxylic acids is 4. The Kier molecular flexibility index (Phi) is 6.72. The van der Waals surface area contributed by atoms with Crippen LogP contribution in [0.4, 0.5) is 0 Å². The number of ether oxygens (including phenoxy) is 5. The van der Waals surface area contributed by atoms with E-state index in [1.807, 2.05) is 0 Å². The predicted molar refractivity (Wildman–Crippen MR) is 78.8 cm³/mol. The number of rotatable bonds is 5. The van der Waals surface area contributed by atoms with Crippen molar-refractivity contribution in [3.63, 3.8) is 0 Å². The molecule has 1 fully saturated rings. The number of aliphatic hydroxyl groups is 5. The maximum absolute atomic E-state index is 11.4. The van der Waals surface area contributed by atoms with Crippen LogP contribution in [-0.2, 0) is 42.9 Å². The Bertz CT molecular complexity index is 642. The number of hydrogen-bond donors (Lipinski definition) is 5. The van der Waals surface area contributed by atoms with E-state index in [2.05, 4.69) is 18.9 Å². The number of hydrogen-bond acceptors (Lipinski definition) is 14. The van der Waals surface area contributed by atoms with Gasteiger partial charge in [-0.05, 0) is 0 Å². The first-order valence-electron chi connectivity index (χ1n) is 7.56. The van der Waals surface area contributed by atoms with Gasteiger partial charge in [0.05, 0.1) is 0 Å². The summed E-state index contributed by atoms with van der Waals surface area (Å²) >= 11 is 0. The molecule has 0 aromatic rings. The van der Waals surface area contributed by atoms with Gasteiger partial charge in [-0.1, -0.05) is 0 Å². The van der Waals surface area contributed by atoms with Crippen LogP contribution in [0.5, 0.6) is 0 Å². The molecule has 1 unspecified atom stereocenters. The fraction of sp³-hybridized carbons (Fsp3) is 0.714. The van der Waals surface area contributed by atoms with Crippen LogP contribution in [0.3, 0.4) is 0 Å². The van der Waals surface area contributed by atoms with Crippen molar-refractivity contribution < 1.29 is 68.4 Å². The highest BCUT2D eigenvalue weighted by molar-refractivity contribution is 5.69. The molecule has 0 spiro atoms. The van der Waals surface area contributed by atoms with Gasteiger partial charge in [0, 0.05) is 27.7 Å². The highest BCUT2D eigenvalue weighted by atomic mass is 16.9. The molecule has 1 saturated heterocycles. The van der Waals surface area contributed by atoms with Gasteiger partial charge in [-0.2, -0.15) is 0 Å². The molecular formula is C14H20O14. The zero-order valence-electron chi connectivity index (χ0n) is 15.1. The van der Waals surface area contributed by atoms with Crippen LogP contribution in [0.25, 0.3) is 0 Å². The largest absolute Gasteiger partial charge is 0.433 e. The molecule has 14 nitrogen and oxygen atoms in total. The lowest BCUT2D eigenvalue weighted by Crippen LogP contribution is -2.82. The van der Waals surface area contributed by atoms with E-state index in [1.165, 1.54) is 0 Å². The molecule has 1 aliphatic heterocycles. The summed E-state index contributed by atoms with van der Waals surface area (Å²) in [6.07, 6.45) is -8.26. The van der Waals surface area contributed by atoms with Crippen LogP contribution in [0, 0.1) is 0 Å². The number of carbonyl (C=O) groups is 4. The third-order valence-corrected chi connectivity index (χ3v) is 3.35. The Morgan fingerprint density at radius 1 is 0.821 bits per heavy atom. The van der Waals surface area contributed by atoms with Crippen LogP contribution >= 0.6 is 0 Å². The summed E-state index contributed by atoms with van der Waals surface area (Å²) < 4.78 is 22.3. The first kappa shape index (κ1) is 23.7. The van der Waals surface area contributed by atoms with Crippen LogP contribution < -0.4 is 0 Å².